The van der Waals surface area contributed by atoms with E-state index in [1.165, 1.54) is 0 Å². The zero-order chi connectivity index (χ0) is 15.5. The first kappa shape index (κ1) is 14.9. The average Bonchev–Trinajstić information content (AvgIpc) is 2.54. The molecule has 0 amide bonds. The summed E-state index contributed by atoms with van der Waals surface area (Å²) in [7, 11) is 0. The molecule has 0 aromatic heterocycles. The molecule has 0 radical (unpaired) electrons. The summed E-state index contributed by atoms with van der Waals surface area (Å²) in [6, 6.07) is 13.4. The lowest BCUT2D eigenvalue weighted by Crippen LogP contribution is -2.31. The van der Waals surface area contributed by atoms with Crippen molar-refractivity contribution in [2.75, 3.05) is 18.2 Å². The number of ether oxygens (including phenoxy) is 2. The van der Waals surface area contributed by atoms with Gasteiger partial charge in [-0.05, 0) is 49.4 Å². The van der Waals surface area contributed by atoms with Gasteiger partial charge in [0, 0.05) is 22.3 Å². The van der Waals surface area contributed by atoms with Gasteiger partial charge in [-0.2, -0.15) is 0 Å². The lowest BCUT2D eigenvalue weighted by Gasteiger charge is -2.31. The van der Waals surface area contributed by atoms with E-state index in [0.29, 0.717) is 18.9 Å². The predicted molar refractivity (Wildman–Crippen MR) is 88.2 cm³/mol. The number of esters is 1. The van der Waals surface area contributed by atoms with Crippen LogP contribution in [0.5, 0.6) is 5.75 Å². The van der Waals surface area contributed by atoms with Crippen LogP contribution >= 0.6 is 15.9 Å². The first-order valence-electron chi connectivity index (χ1n) is 7.10. The summed E-state index contributed by atoms with van der Waals surface area (Å²) >= 11 is 3.48. The Kier molecular flexibility index (Phi) is 4.34. The van der Waals surface area contributed by atoms with Gasteiger partial charge in [-0.1, -0.05) is 15.9 Å². The third-order valence-corrected chi connectivity index (χ3v) is 4.00. The number of carbonyl (C=O) groups excluding carboxylic acids is 1. The van der Waals surface area contributed by atoms with E-state index in [1.54, 1.807) is 19.1 Å². The smallest absolute Gasteiger partial charge is 0.338 e. The predicted octanol–water partition coefficient (Wildman–Crippen LogP) is 3.98. The molecule has 1 heterocycles. The summed E-state index contributed by atoms with van der Waals surface area (Å²) in [5.74, 6) is 0.626. The molecule has 1 aliphatic heterocycles. The van der Waals surface area contributed by atoms with Gasteiger partial charge in [0.15, 0.2) is 6.73 Å². The van der Waals surface area contributed by atoms with E-state index in [4.69, 9.17) is 9.47 Å². The number of halogens is 1. The van der Waals surface area contributed by atoms with Crippen molar-refractivity contribution in [2.24, 2.45) is 0 Å². The second-order valence-corrected chi connectivity index (χ2v) is 5.91. The van der Waals surface area contributed by atoms with Crippen molar-refractivity contribution in [2.45, 2.75) is 13.5 Å². The molecule has 2 aromatic carbocycles. The molecule has 22 heavy (non-hydrogen) atoms. The minimum atomic E-state index is -0.293. The summed E-state index contributed by atoms with van der Waals surface area (Å²) in [6.07, 6.45) is 0. The number of benzene rings is 2. The molecule has 0 bridgehead atoms. The van der Waals surface area contributed by atoms with Crippen molar-refractivity contribution in [1.82, 2.24) is 0 Å². The second kappa shape index (κ2) is 6.40. The van der Waals surface area contributed by atoms with E-state index < -0.39 is 0 Å². The number of anilines is 1. The van der Waals surface area contributed by atoms with E-state index >= 15 is 0 Å². The molecule has 5 heteroatoms. The Bertz CT molecular complexity index is 685. The summed E-state index contributed by atoms with van der Waals surface area (Å²) in [4.78, 5) is 13.8. The zero-order valence-electron chi connectivity index (χ0n) is 12.2. The van der Waals surface area contributed by atoms with Crippen LogP contribution in [0.4, 0.5) is 5.69 Å². The highest BCUT2D eigenvalue weighted by molar-refractivity contribution is 9.10. The second-order valence-electron chi connectivity index (χ2n) is 4.99. The van der Waals surface area contributed by atoms with Gasteiger partial charge >= 0.3 is 5.97 Å². The maximum atomic E-state index is 11.7. The number of nitrogens with zero attached hydrogens (tertiary/aromatic N) is 1. The molecule has 1 aliphatic rings. The summed E-state index contributed by atoms with van der Waals surface area (Å²) in [5.41, 5.74) is 2.71. The average molecular weight is 362 g/mol. The fourth-order valence-corrected chi connectivity index (χ4v) is 2.81. The van der Waals surface area contributed by atoms with Crippen LogP contribution in [-0.2, 0) is 11.3 Å². The molecule has 0 saturated heterocycles. The molecule has 0 spiro atoms. The third-order valence-electron chi connectivity index (χ3n) is 3.50. The number of fused-ring (bicyclic) bond motifs is 1. The van der Waals surface area contributed by atoms with Crippen LogP contribution in [0.1, 0.15) is 22.8 Å². The van der Waals surface area contributed by atoms with Crippen LogP contribution in [0.15, 0.2) is 46.9 Å². The van der Waals surface area contributed by atoms with Crippen molar-refractivity contribution in [1.29, 1.82) is 0 Å². The van der Waals surface area contributed by atoms with Gasteiger partial charge in [-0.15, -0.1) is 0 Å². The van der Waals surface area contributed by atoms with Gasteiger partial charge in [0.1, 0.15) is 5.75 Å². The molecule has 4 nitrogen and oxygen atoms in total. The van der Waals surface area contributed by atoms with E-state index in [0.717, 1.165) is 28.0 Å². The lowest BCUT2D eigenvalue weighted by molar-refractivity contribution is 0.0526. The summed E-state index contributed by atoms with van der Waals surface area (Å²) in [5, 5.41) is 0. The highest BCUT2D eigenvalue weighted by Gasteiger charge is 2.18. The SMILES string of the molecule is CCOC(=O)c1ccc(N2COc3ccc(Br)cc3C2)cc1. The van der Waals surface area contributed by atoms with Gasteiger partial charge in [0.05, 0.1) is 12.2 Å². The molecular formula is C17H16BrNO3. The van der Waals surface area contributed by atoms with Crippen LogP contribution in [0, 0.1) is 0 Å². The Morgan fingerprint density at radius 1 is 1.27 bits per heavy atom. The highest BCUT2D eigenvalue weighted by atomic mass is 79.9. The molecule has 0 N–H and O–H groups in total. The highest BCUT2D eigenvalue weighted by Crippen LogP contribution is 2.30. The molecular weight excluding hydrogens is 346 g/mol. The van der Waals surface area contributed by atoms with E-state index in [1.807, 2.05) is 24.3 Å². The maximum Gasteiger partial charge on any atom is 0.338 e. The first-order valence-corrected chi connectivity index (χ1v) is 7.90. The standard InChI is InChI=1S/C17H16BrNO3/c1-2-21-17(20)12-3-6-15(7-4-12)19-10-13-9-14(18)5-8-16(13)22-11-19/h3-9H,2,10-11H2,1H3. The van der Waals surface area contributed by atoms with Crippen molar-refractivity contribution in [3.8, 4) is 5.75 Å². The van der Waals surface area contributed by atoms with Gasteiger partial charge in [-0.25, -0.2) is 4.79 Å². The molecule has 2 aromatic rings. The van der Waals surface area contributed by atoms with Crippen molar-refractivity contribution in [3.63, 3.8) is 0 Å². The summed E-state index contributed by atoms with van der Waals surface area (Å²) < 4.78 is 11.8. The molecule has 0 atom stereocenters. The molecule has 0 unspecified atom stereocenters. The van der Waals surface area contributed by atoms with Crippen LogP contribution in [-0.4, -0.2) is 19.3 Å². The molecule has 0 aliphatic carbocycles. The topological polar surface area (TPSA) is 38.8 Å². The minimum Gasteiger partial charge on any atom is -0.473 e. The van der Waals surface area contributed by atoms with Gasteiger partial charge in [0.25, 0.3) is 0 Å². The Morgan fingerprint density at radius 3 is 2.77 bits per heavy atom. The normalized spacial score (nSPS) is 13.3. The van der Waals surface area contributed by atoms with Gasteiger partial charge < -0.3 is 14.4 Å². The molecule has 0 fully saturated rings. The zero-order valence-corrected chi connectivity index (χ0v) is 13.8. The van der Waals surface area contributed by atoms with E-state index in [9.17, 15) is 4.79 Å². The van der Waals surface area contributed by atoms with Crippen LogP contribution in [0.2, 0.25) is 0 Å². The Labute approximate surface area is 137 Å². The van der Waals surface area contributed by atoms with Gasteiger partial charge in [0.2, 0.25) is 0 Å². The van der Waals surface area contributed by atoms with Crippen molar-refractivity contribution >= 4 is 27.6 Å². The fourth-order valence-electron chi connectivity index (χ4n) is 2.40. The maximum absolute atomic E-state index is 11.7. The molecule has 114 valence electrons. The summed E-state index contributed by atoms with van der Waals surface area (Å²) in [6.45, 7) is 3.44. The van der Waals surface area contributed by atoms with Crippen molar-refractivity contribution in [3.05, 3.63) is 58.1 Å². The number of rotatable bonds is 3. The number of hydrogen-bond donors (Lipinski definition) is 0. The van der Waals surface area contributed by atoms with Crippen LogP contribution < -0.4 is 9.64 Å². The Balaban J connectivity index is 1.77. The first-order chi connectivity index (χ1) is 10.7. The third kappa shape index (κ3) is 3.09. The van der Waals surface area contributed by atoms with E-state index in [2.05, 4.69) is 26.9 Å². The lowest BCUT2D eigenvalue weighted by atomic mass is 10.1. The van der Waals surface area contributed by atoms with E-state index in [-0.39, 0.29) is 5.97 Å². The number of hydrogen-bond acceptors (Lipinski definition) is 4. The van der Waals surface area contributed by atoms with Gasteiger partial charge in [-0.3, -0.25) is 0 Å². The monoisotopic (exact) mass is 361 g/mol. The largest absolute Gasteiger partial charge is 0.473 e. The van der Waals surface area contributed by atoms with Crippen molar-refractivity contribution < 1.29 is 14.3 Å². The molecule has 0 saturated carbocycles. The molecule has 3 rings (SSSR count). The fraction of sp³-hybridized carbons (Fsp3) is 0.235. The van der Waals surface area contributed by atoms with Crippen LogP contribution in [0.25, 0.3) is 0 Å². The Hall–Kier alpha value is -2.01. The van der Waals surface area contributed by atoms with Crippen LogP contribution in [0.3, 0.4) is 0 Å². The minimum absolute atomic E-state index is 0.293. The quantitative estimate of drug-likeness (QED) is 0.775. The Morgan fingerprint density at radius 2 is 2.05 bits per heavy atom. The number of carbonyl (C=O) groups is 1.